The SMILES string of the molecule is c1ccc(-c2cc(-c3cc(-c4ccccc4)cc(-c4ccc5oc6ccccc6c5c4)c3)cc(-c3ccc4oc5ccccc5c4c3)c2)cc1. The van der Waals surface area contributed by atoms with Crippen molar-refractivity contribution in [3.8, 4) is 55.6 Å². The highest BCUT2D eigenvalue weighted by atomic mass is 16.3. The number of furan rings is 2. The van der Waals surface area contributed by atoms with Crippen LogP contribution in [0.2, 0.25) is 0 Å². The lowest BCUT2D eigenvalue weighted by Gasteiger charge is -2.15. The quantitative estimate of drug-likeness (QED) is 0.187. The predicted molar refractivity (Wildman–Crippen MR) is 208 cm³/mol. The molecule has 2 heterocycles. The minimum atomic E-state index is 0.900. The highest BCUT2D eigenvalue weighted by Crippen LogP contribution is 2.40. The lowest BCUT2D eigenvalue weighted by atomic mass is 9.89. The van der Waals surface area contributed by atoms with E-state index >= 15 is 0 Å². The van der Waals surface area contributed by atoms with Gasteiger partial charge in [-0.25, -0.2) is 0 Å². The van der Waals surface area contributed by atoms with Crippen LogP contribution in [0.3, 0.4) is 0 Å². The van der Waals surface area contributed by atoms with Crippen LogP contribution in [0.15, 0.2) is 191 Å². The van der Waals surface area contributed by atoms with E-state index in [0.717, 1.165) is 77.3 Å². The van der Waals surface area contributed by atoms with Crippen molar-refractivity contribution in [2.45, 2.75) is 0 Å². The summed E-state index contributed by atoms with van der Waals surface area (Å²) in [6.45, 7) is 0. The molecule has 8 aromatic carbocycles. The van der Waals surface area contributed by atoms with Gasteiger partial charge >= 0.3 is 0 Å². The Kier molecular flexibility index (Phi) is 6.53. The molecule has 0 radical (unpaired) electrons. The fourth-order valence-corrected chi connectivity index (χ4v) is 7.33. The standard InChI is InChI=1S/C48H30O2/c1-3-11-31(12-4-1)35-23-37(33-19-21-47-43(29-33)41-15-7-9-17-45(41)49-47)27-39(25-35)40-26-36(32-13-5-2-6-14-32)24-38(28-40)34-20-22-48-44(30-34)42-16-8-10-18-46(42)50-48/h1-30H. The third kappa shape index (κ3) is 4.89. The van der Waals surface area contributed by atoms with E-state index in [9.17, 15) is 0 Å². The Labute approximate surface area is 289 Å². The normalized spacial score (nSPS) is 11.6. The summed E-state index contributed by atoms with van der Waals surface area (Å²) in [4.78, 5) is 0. The lowest BCUT2D eigenvalue weighted by Crippen LogP contribution is -1.89. The summed E-state index contributed by atoms with van der Waals surface area (Å²) in [7, 11) is 0. The Hall–Kier alpha value is -6.64. The van der Waals surface area contributed by atoms with Crippen LogP contribution < -0.4 is 0 Å². The largest absolute Gasteiger partial charge is 0.456 e. The van der Waals surface area contributed by atoms with Crippen molar-refractivity contribution in [3.63, 3.8) is 0 Å². The van der Waals surface area contributed by atoms with Gasteiger partial charge in [0, 0.05) is 21.5 Å². The summed E-state index contributed by atoms with van der Waals surface area (Å²) in [5.41, 5.74) is 15.3. The summed E-state index contributed by atoms with van der Waals surface area (Å²) < 4.78 is 12.4. The molecule has 0 saturated heterocycles. The zero-order valence-electron chi connectivity index (χ0n) is 27.1. The highest BCUT2D eigenvalue weighted by Gasteiger charge is 2.14. The summed E-state index contributed by atoms with van der Waals surface area (Å²) in [6.07, 6.45) is 0. The number of hydrogen-bond donors (Lipinski definition) is 0. The van der Waals surface area contributed by atoms with Crippen molar-refractivity contribution in [2.75, 3.05) is 0 Å². The third-order valence-electron chi connectivity index (χ3n) is 9.83. The van der Waals surface area contributed by atoms with E-state index in [-0.39, 0.29) is 0 Å². The van der Waals surface area contributed by atoms with Gasteiger partial charge in [0.05, 0.1) is 0 Å². The molecule has 0 fully saturated rings. The Morgan fingerprint density at radius 2 is 0.520 bits per heavy atom. The monoisotopic (exact) mass is 638 g/mol. The van der Waals surface area contributed by atoms with Crippen LogP contribution in [0, 0.1) is 0 Å². The van der Waals surface area contributed by atoms with Crippen LogP contribution in [0.5, 0.6) is 0 Å². The third-order valence-corrected chi connectivity index (χ3v) is 9.83. The molecule has 0 aliphatic heterocycles. The minimum Gasteiger partial charge on any atom is -0.456 e. The van der Waals surface area contributed by atoms with E-state index in [4.69, 9.17) is 8.83 Å². The average Bonchev–Trinajstić information content (AvgIpc) is 3.76. The maximum Gasteiger partial charge on any atom is 0.135 e. The van der Waals surface area contributed by atoms with E-state index in [0.29, 0.717) is 0 Å². The summed E-state index contributed by atoms with van der Waals surface area (Å²) >= 11 is 0. The molecule has 0 amide bonds. The Bertz CT molecular complexity index is 2660. The first-order chi connectivity index (χ1) is 24.7. The van der Waals surface area contributed by atoms with Gasteiger partial charge in [0.2, 0.25) is 0 Å². The number of para-hydroxylation sites is 2. The molecule has 0 bridgehead atoms. The Balaban J connectivity index is 1.19. The van der Waals surface area contributed by atoms with Crippen LogP contribution in [-0.2, 0) is 0 Å². The molecule has 2 aromatic heterocycles. The number of hydrogen-bond acceptors (Lipinski definition) is 2. The van der Waals surface area contributed by atoms with Gasteiger partial charge in [-0.05, 0) is 128 Å². The van der Waals surface area contributed by atoms with Crippen LogP contribution >= 0.6 is 0 Å². The maximum absolute atomic E-state index is 6.18. The number of benzene rings is 8. The van der Waals surface area contributed by atoms with Crippen LogP contribution in [-0.4, -0.2) is 0 Å². The van der Waals surface area contributed by atoms with Gasteiger partial charge < -0.3 is 8.83 Å². The summed E-state index contributed by atoms with van der Waals surface area (Å²) in [5, 5.41) is 4.51. The van der Waals surface area contributed by atoms with Gasteiger partial charge in [-0.2, -0.15) is 0 Å². The van der Waals surface area contributed by atoms with E-state index in [1.807, 2.05) is 24.3 Å². The fourth-order valence-electron chi connectivity index (χ4n) is 7.33. The van der Waals surface area contributed by atoms with E-state index < -0.39 is 0 Å². The van der Waals surface area contributed by atoms with E-state index in [2.05, 4.69) is 158 Å². The summed E-state index contributed by atoms with van der Waals surface area (Å²) in [6, 6.07) is 64.9. The highest BCUT2D eigenvalue weighted by molar-refractivity contribution is 6.07. The van der Waals surface area contributed by atoms with Crippen molar-refractivity contribution in [2.24, 2.45) is 0 Å². The topological polar surface area (TPSA) is 26.3 Å². The second kappa shape index (κ2) is 11.5. The molecule has 0 spiro atoms. The molecule has 0 aliphatic carbocycles. The zero-order chi connectivity index (χ0) is 33.0. The Morgan fingerprint density at radius 1 is 0.200 bits per heavy atom. The predicted octanol–water partition coefficient (Wildman–Crippen LogP) is 13.8. The van der Waals surface area contributed by atoms with Gasteiger partial charge in [0.1, 0.15) is 22.3 Å². The molecule has 0 unspecified atom stereocenters. The molecular weight excluding hydrogens is 609 g/mol. The zero-order valence-corrected chi connectivity index (χ0v) is 27.1. The van der Waals surface area contributed by atoms with Crippen molar-refractivity contribution in [1.29, 1.82) is 0 Å². The van der Waals surface area contributed by atoms with Crippen LogP contribution in [0.25, 0.3) is 99.5 Å². The average molecular weight is 639 g/mol. The van der Waals surface area contributed by atoms with Gasteiger partial charge in [-0.3, -0.25) is 0 Å². The molecule has 2 heteroatoms. The molecule has 10 aromatic rings. The van der Waals surface area contributed by atoms with E-state index in [1.165, 1.54) is 22.3 Å². The van der Waals surface area contributed by atoms with Crippen LogP contribution in [0.4, 0.5) is 0 Å². The van der Waals surface area contributed by atoms with Crippen molar-refractivity contribution < 1.29 is 8.83 Å². The maximum atomic E-state index is 6.18. The smallest absolute Gasteiger partial charge is 0.135 e. The van der Waals surface area contributed by atoms with Gasteiger partial charge in [0.15, 0.2) is 0 Å². The van der Waals surface area contributed by atoms with Crippen molar-refractivity contribution >= 4 is 43.9 Å². The van der Waals surface area contributed by atoms with Crippen molar-refractivity contribution in [3.05, 3.63) is 182 Å². The first-order valence-corrected chi connectivity index (χ1v) is 17.0. The second-order valence-corrected chi connectivity index (χ2v) is 12.9. The van der Waals surface area contributed by atoms with Gasteiger partial charge in [-0.1, -0.05) is 109 Å². The molecule has 50 heavy (non-hydrogen) atoms. The van der Waals surface area contributed by atoms with E-state index in [1.54, 1.807) is 0 Å². The minimum absolute atomic E-state index is 0.900. The van der Waals surface area contributed by atoms with Crippen LogP contribution in [0.1, 0.15) is 0 Å². The first-order valence-electron chi connectivity index (χ1n) is 17.0. The molecule has 2 nitrogen and oxygen atoms in total. The number of fused-ring (bicyclic) bond motifs is 6. The van der Waals surface area contributed by atoms with Gasteiger partial charge in [0.25, 0.3) is 0 Å². The molecule has 0 atom stereocenters. The fraction of sp³-hybridized carbons (Fsp3) is 0. The molecule has 0 aliphatic rings. The second-order valence-electron chi connectivity index (χ2n) is 12.9. The Morgan fingerprint density at radius 3 is 0.940 bits per heavy atom. The van der Waals surface area contributed by atoms with Gasteiger partial charge in [-0.15, -0.1) is 0 Å². The molecule has 234 valence electrons. The number of rotatable bonds is 5. The molecule has 10 rings (SSSR count). The molecule has 0 saturated carbocycles. The lowest BCUT2D eigenvalue weighted by molar-refractivity contribution is 0.668. The molecular formula is C48H30O2. The summed E-state index contributed by atoms with van der Waals surface area (Å²) in [5.74, 6) is 0. The molecule has 0 N–H and O–H groups in total. The van der Waals surface area contributed by atoms with Crippen molar-refractivity contribution in [1.82, 2.24) is 0 Å². The first kappa shape index (κ1) is 28.4.